The molecule has 1 aliphatic rings. The summed E-state index contributed by atoms with van der Waals surface area (Å²) in [6.07, 6.45) is 4.50. The second-order valence-electron chi connectivity index (χ2n) is 6.55. The van der Waals surface area contributed by atoms with E-state index in [9.17, 15) is 13.6 Å². The molecule has 4 nitrogen and oxygen atoms in total. The normalized spacial score (nSPS) is 15.0. The summed E-state index contributed by atoms with van der Waals surface area (Å²) in [6.45, 7) is 3.66. The first-order valence-corrected chi connectivity index (χ1v) is 9.36. The molecule has 3 rings (SSSR count). The number of likely N-dealkylation sites (tertiary alicyclic amines) is 1. The summed E-state index contributed by atoms with van der Waals surface area (Å²) in [5.41, 5.74) is 0.924. The van der Waals surface area contributed by atoms with E-state index in [-0.39, 0.29) is 12.0 Å². The molecule has 1 amide bonds. The molecule has 0 aliphatic carbocycles. The van der Waals surface area contributed by atoms with Crippen LogP contribution in [0.1, 0.15) is 25.3 Å². The van der Waals surface area contributed by atoms with E-state index in [1.54, 1.807) is 17.1 Å². The Morgan fingerprint density at radius 3 is 2.39 bits per heavy atom. The second-order valence-corrected chi connectivity index (χ2v) is 6.55. The summed E-state index contributed by atoms with van der Waals surface area (Å²) in [4.78, 5) is 14.1. The Balaban J connectivity index is 1.48. The Hall–Kier alpha value is -2.89. The number of hydrogen-bond donors (Lipinski definition) is 0. The minimum absolute atomic E-state index is 0.0554. The maximum Gasteiger partial charge on any atom is 0.246 e. The number of carbonyl (C=O) groups is 1. The van der Waals surface area contributed by atoms with Gasteiger partial charge < -0.3 is 14.4 Å². The van der Waals surface area contributed by atoms with E-state index in [1.165, 1.54) is 6.07 Å². The summed E-state index contributed by atoms with van der Waals surface area (Å²) in [5.74, 6) is -0.773. The lowest BCUT2D eigenvalue weighted by Gasteiger charge is -2.31. The predicted octanol–water partition coefficient (Wildman–Crippen LogP) is 4.45. The van der Waals surface area contributed by atoms with Gasteiger partial charge in [0.25, 0.3) is 0 Å². The van der Waals surface area contributed by atoms with Gasteiger partial charge in [-0.25, -0.2) is 8.78 Å². The molecule has 0 radical (unpaired) electrons. The summed E-state index contributed by atoms with van der Waals surface area (Å²) >= 11 is 0. The Morgan fingerprint density at radius 1 is 1.07 bits per heavy atom. The van der Waals surface area contributed by atoms with E-state index in [1.807, 2.05) is 31.2 Å². The van der Waals surface area contributed by atoms with Gasteiger partial charge in [0.2, 0.25) is 5.91 Å². The lowest BCUT2D eigenvalue weighted by molar-refractivity contribution is -0.127. The molecule has 28 heavy (non-hydrogen) atoms. The fourth-order valence-electron chi connectivity index (χ4n) is 3.05. The third-order valence-electron chi connectivity index (χ3n) is 4.56. The molecule has 6 heteroatoms. The lowest BCUT2D eigenvalue weighted by atomic mass is 10.1. The van der Waals surface area contributed by atoms with Gasteiger partial charge >= 0.3 is 0 Å². The first kappa shape index (κ1) is 19.9. The molecular formula is C22H23F2NO3. The predicted molar refractivity (Wildman–Crippen MR) is 103 cm³/mol. The number of benzene rings is 2. The van der Waals surface area contributed by atoms with Crippen molar-refractivity contribution < 1.29 is 23.0 Å². The number of nitrogens with zero attached hydrogens (tertiary/aromatic N) is 1. The Bertz CT molecular complexity index is 828. The SMILES string of the molecule is CCOc1ccc(/C=C/C(=O)N2CCC(Oc3ccc(F)c(F)c3)CC2)cc1. The molecule has 0 N–H and O–H groups in total. The van der Waals surface area contributed by atoms with Crippen molar-refractivity contribution in [1.82, 2.24) is 4.90 Å². The zero-order chi connectivity index (χ0) is 19.9. The quantitative estimate of drug-likeness (QED) is 0.688. The average molecular weight is 387 g/mol. The van der Waals surface area contributed by atoms with E-state index in [2.05, 4.69) is 0 Å². The van der Waals surface area contributed by atoms with Crippen molar-refractivity contribution in [2.45, 2.75) is 25.9 Å². The summed E-state index contributed by atoms with van der Waals surface area (Å²) in [5, 5.41) is 0. The monoisotopic (exact) mass is 387 g/mol. The van der Waals surface area contributed by atoms with Gasteiger partial charge in [0.05, 0.1) is 6.61 Å². The standard InChI is InChI=1S/C22H23F2NO3/c1-2-27-17-6-3-16(4-7-17)5-10-22(26)25-13-11-18(12-14-25)28-19-8-9-20(23)21(24)15-19/h3-10,15,18H,2,11-14H2,1H3/b10-5+. The number of carbonyl (C=O) groups excluding carboxylic acids is 1. The molecule has 0 saturated carbocycles. The topological polar surface area (TPSA) is 38.8 Å². The first-order chi connectivity index (χ1) is 13.5. The van der Waals surface area contributed by atoms with Gasteiger partial charge in [-0.15, -0.1) is 0 Å². The maximum absolute atomic E-state index is 13.3. The van der Waals surface area contributed by atoms with Crippen molar-refractivity contribution in [1.29, 1.82) is 0 Å². The van der Waals surface area contributed by atoms with Gasteiger partial charge in [0, 0.05) is 38.1 Å². The van der Waals surface area contributed by atoms with Crippen molar-refractivity contribution in [2.75, 3.05) is 19.7 Å². The summed E-state index contributed by atoms with van der Waals surface area (Å²) in [7, 11) is 0. The molecule has 148 valence electrons. The fourth-order valence-corrected chi connectivity index (χ4v) is 3.05. The van der Waals surface area contributed by atoms with E-state index in [0.717, 1.165) is 23.4 Å². The van der Waals surface area contributed by atoms with Crippen molar-refractivity contribution in [2.24, 2.45) is 0 Å². The zero-order valence-electron chi connectivity index (χ0n) is 15.7. The second kappa shape index (κ2) is 9.35. The molecule has 0 spiro atoms. The number of rotatable bonds is 6. The van der Waals surface area contributed by atoms with Gasteiger partial charge in [-0.2, -0.15) is 0 Å². The molecule has 2 aromatic rings. The number of ether oxygens (including phenoxy) is 2. The minimum atomic E-state index is -0.926. The van der Waals surface area contributed by atoms with Crippen LogP contribution in [0, 0.1) is 11.6 Å². The molecule has 0 bridgehead atoms. The smallest absolute Gasteiger partial charge is 0.246 e. The largest absolute Gasteiger partial charge is 0.494 e. The van der Waals surface area contributed by atoms with E-state index >= 15 is 0 Å². The fraction of sp³-hybridized carbons (Fsp3) is 0.318. The summed E-state index contributed by atoms with van der Waals surface area (Å²) < 4.78 is 37.3. The molecule has 1 heterocycles. The van der Waals surface area contributed by atoms with Crippen molar-refractivity contribution in [3.8, 4) is 11.5 Å². The van der Waals surface area contributed by atoms with Crippen molar-refractivity contribution in [3.63, 3.8) is 0 Å². The van der Waals surface area contributed by atoms with E-state index in [4.69, 9.17) is 9.47 Å². The molecule has 1 fully saturated rings. The van der Waals surface area contributed by atoms with Gasteiger partial charge in [-0.3, -0.25) is 4.79 Å². The van der Waals surface area contributed by atoms with Crippen LogP contribution in [0.5, 0.6) is 11.5 Å². The summed E-state index contributed by atoms with van der Waals surface area (Å²) in [6, 6.07) is 11.0. The Morgan fingerprint density at radius 2 is 1.75 bits per heavy atom. The van der Waals surface area contributed by atoms with Crippen LogP contribution in [0.2, 0.25) is 0 Å². The van der Waals surface area contributed by atoms with Crippen LogP contribution in [0.25, 0.3) is 6.08 Å². The molecule has 1 saturated heterocycles. The Labute approximate surface area is 163 Å². The number of halogens is 2. The molecular weight excluding hydrogens is 364 g/mol. The minimum Gasteiger partial charge on any atom is -0.494 e. The maximum atomic E-state index is 13.3. The van der Waals surface area contributed by atoms with Gasteiger partial charge in [-0.1, -0.05) is 12.1 Å². The average Bonchev–Trinajstić information content (AvgIpc) is 2.71. The highest BCUT2D eigenvalue weighted by atomic mass is 19.2. The lowest BCUT2D eigenvalue weighted by Crippen LogP contribution is -2.41. The number of amides is 1. The van der Waals surface area contributed by atoms with Crippen LogP contribution in [0.15, 0.2) is 48.5 Å². The highest BCUT2D eigenvalue weighted by Crippen LogP contribution is 2.21. The number of hydrogen-bond acceptors (Lipinski definition) is 3. The highest BCUT2D eigenvalue weighted by Gasteiger charge is 2.23. The molecule has 0 unspecified atom stereocenters. The van der Waals surface area contributed by atoms with E-state index in [0.29, 0.717) is 38.3 Å². The highest BCUT2D eigenvalue weighted by molar-refractivity contribution is 5.91. The van der Waals surface area contributed by atoms with Crippen LogP contribution in [0.4, 0.5) is 8.78 Å². The van der Waals surface area contributed by atoms with Gasteiger partial charge in [0.1, 0.15) is 17.6 Å². The van der Waals surface area contributed by atoms with Crippen LogP contribution in [-0.2, 0) is 4.79 Å². The number of piperidine rings is 1. The van der Waals surface area contributed by atoms with Crippen LogP contribution >= 0.6 is 0 Å². The van der Waals surface area contributed by atoms with Crippen LogP contribution in [0.3, 0.4) is 0 Å². The van der Waals surface area contributed by atoms with Crippen LogP contribution in [-0.4, -0.2) is 36.6 Å². The van der Waals surface area contributed by atoms with Crippen molar-refractivity contribution in [3.05, 3.63) is 65.7 Å². The zero-order valence-corrected chi connectivity index (χ0v) is 15.7. The van der Waals surface area contributed by atoms with Crippen LogP contribution < -0.4 is 9.47 Å². The molecule has 2 aromatic carbocycles. The van der Waals surface area contributed by atoms with Crippen molar-refractivity contribution >= 4 is 12.0 Å². The molecule has 0 aromatic heterocycles. The third kappa shape index (κ3) is 5.31. The van der Waals surface area contributed by atoms with Gasteiger partial charge in [0.15, 0.2) is 11.6 Å². The van der Waals surface area contributed by atoms with E-state index < -0.39 is 11.6 Å². The Kier molecular flexibility index (Phi) is 6.63. The first-order valence-electron chi connectivity index (χ1n) is 9.36. The third-order valence-corrected chi connectivity index (χ3v) is 4.56. The molecule has 0 atom stereocenters. The molecule has 1 aliphatic heterocycles. The van der Waals surface area contributed by atoms with Gasteiger partial charge in [-0.05, 0) is 42.8 Å².